The Balaban J connectivity index is 2.64. The molecule has 0 saturated heterocycles. The van der Waals surface area contributed by atoms with E-state index < -0.39 is 29.1 Å². The van der Waals surface area contributed by atoms with Crippen LogP contribution in [0.25, 0.3) is 0 Å². The van der Waals surface area contributed by atoms with Crippen molar-refractivity contribution in [2.75, 3.05) is 18.6 Å². The first-order valence-corrected chi connectivity index (χ1v) is 9.04. The van der Waals surface area contributed by atoms with Gasteiger partial charge in [-0.05, 0) is 50.6 Å². The number of nitrogens with zero attached hydrogens (tertiary/aromatic N) is 1. The van der Waals surface area contributed by atoms with E-state index in [9.17, 15) is 18.0 Å². The molecular weight excluding hydrogens is 383 g/mol. The minimum Gasteiger partial charge on any atom is -0.497 e. The molecule has 5 nitrogen and oxygen atoms in total. The summed E-state index contributed by atoms with van der Waals surface area (Å²) in [6.07, 6.45) is -4.53. The van der Waals surface area contributed by atoms with Crippen LogP contribution < -0.4 is 21.1 Å². The van der Waals surface area contributed by atoms with E-state index in [1.54, 1.807) is 49.9 Å². The summed E-state index contributed by atoms with van der Waals surface area (Å²) in [6.45, 7) is 5.46. The quantitative estimate of drug-likeness (QED) is 0.719. The Labute approximate surface area is 168 Å². The van der Waals surface area contributed by atoms with E-state index in [4.69, 9.17) is 16.2 Å². The summed E-state index contributed by atoms with van der Waals surface area (Å²) in [5.41, 5.74) is 11.6. The molecule has 0 aliphatic rings. The van der Waals surface area contributed by atoms with Gasteiger partial charge in [-0.2, -0.15) is 13.2 Å². The fourth-order valence-electron chi connectivity index (χ4n) is 2.89. The lowest BCUT2D eigenvalue weighted by molar-refractivity contribution is -0.137. The lowest BCUT2D eigenvalue weighted by Crippen LogP contribution is -2.43. The Hall–Kier alpha value is -2.74. The molecule has 0 aliphatic heterocycles. The van der Waals surface area contributed by atoms with Gasteiger partial charge < -0.3 is 21.1 Å². The van der Waals surface area contributed by atoms with Gasteiger partial charge in [0.1, 0.15) is 5.75 Å². The largest absolute Gasteiger partial charge is 0.497 e. The first-order chi connectivity index (χ1) is 13.3. The Morgan fingerprint density at radius 1 is 1.14 bits per heavy atom. The number of ether oxygens (including phenoxy) is 1. The Morgan fingerprint density at radius 2 is 1.79 bits per heavy atom. The smallest absolute Gasteiger partial charge is 0.416 e. The highest BCUT2D eigenvalue weighted by atomic mass is 19.4. The molecule has 158 valence electrons. The van der Waals surface area contributed by atoms with Gasteiger partial charge in [0.05, 0.1) is 18.6 Å². The number of rotatable bonds is 7. The molecule has 0 aromatic heterocycles. The SMILES string of the molecule is COc1cc(N(CC(C)(C)N)c2cccc(C(C)C(N)=O)c2)cc(C(F)(F)F)c1. The number of anilines is 2. The number of carbonyl (C=O) groups is 1. The fraction of sp³-hybridized carbons (Fsp3) is 0.381. The van der Waals surface area contributed by atoms with Crippen LogP contribution in [0.5, 0.6) is 5.75 Å². The molecule has 0 bridgehead atoms. The molecule has 0 fully saturated rings. The lowest BCUT2D eigenvalue weighted by atomic mass is 9.98. The molecule has 1 atom stereocenters. The van der Waals surface area contributed by atoms with Gasteiger partial charge in [0.15, 0.2) is 0 Å². The van der Waals surface area contributed by atoms with Crippen LogP contribution in [0.15, 0.2) is 42.5 Å². The number of benzene rings is 2. The summed E-state index contributed by atoms with van der Waals surface area (Å²) >= 11 is 0. The molecular formula is C21H26F3N3O2. The summed E-state index contributed by atoms with van der Waals surface area (Å²) in [7, 11) is 1.31. The molecule has 2 aromatic carbocycles. The van der Waals surface area contributed by atoms with Gasteiger partial charge in [-0.25, -0.2) is 0 Å². The van der Waals surface area contributed by atoms with Crippen LogP contribution in [0, 0.1) is 0 Å². The summed E-state index contributed by atoms with van der Waals surface area (Å²) in [4.78, 5) is 13.2. The second kappa shape index (κ2) is 8.32. The second-order valence-electron chi connectivity index (χ2n) is 7.71. The maximum Gasteiger partial charge on any atom is 0.416 e. The van der Waals surface area contributed by atoms with Crippen molar-refractivity contribution in [2.45, 2.75) is 38.4 Å². The first-order valence-electron chi connectivity index (χ1n) is 9.04. The Morgan fingerprint density at radius 3 is 2.31 bits per heavy atom. The Kier molecular flexibility index (Phi) is 6.47. The predicted molar refractivity (Wildman–Crippen MR) is 107 cm³/mol. The van der Waals surface area contributed by atoms with Crippen LogP contribution in [-0.4, -0.2) is 25.1 Å². The number of carbonyl (C=O) groups excluding carboxylic acids is 1. The minimum absolute atomic E-state index is 0.0799. The first kappa shape index (κ1) is 22.5. The summed E-state index contributed by atoms with van der Waals surface area (Å²) in [5, 5.41) is 0. The Bertz CT molecular complexity index is 876. The van der Waals surface area contributed by atoms with Crippen LogP contribution in [0.2, 0.25) is 0 Å². The average Bonchev–Trinajstić information content (AvgIpc) is 2.63. The normalized spacial score (nSPS) is 13.1. The molecule has 1 amide bonds. The van der Waals surface area contributed by atoms with Gasteiger partial charge in [-0.15, -0.1) is 0 Å². The zero-order valence-corrected chi connectivity index (χ0v) is 16.9. The summed E-state index contributed by atoms with van der Waals surface area (Å²) in [6, 6.07) is 10.5. The average molecular weight is 409 g/mol. The monoisotopic (exact) mass is 409 g/mol. The van der Waals surface area contributed by atoms with E-state index in [1.807, 2.05) is 0 Å². The van der Waals surface area contributed by atoms with E-state index in [-0.39, 0.29) is 18.0 Å². The molecule has 0 aliphatic carbocycles. The van der Waals surface area contributed by atoms with Crippen LogP contribution in [0.4, 0.5) is 24.5 Å². The van der Waals surface area contributed by atoms with Crippen LogP contribution >= 0.6 is 0 Å². The van der Waals surface area contributed by atoms with Crippen molar-refractivity contribution in [1.29, 1.82) is 0 Å². The fourth-order valence-corrected chi connectivity index (χ4v) is 2.89. The van der Waals surface area contributed by atoms with Crippen molar-refractivity contribution < 1.29 is 22.7 Å². The van der Waals surface area contributed by atoms with Crippen LogP contribution in [0.1, 0.15) is 37.8 Å². The number of halogens is 3. The van der Waals surface area contributed by atoms with Gasteiger partial charge >= 0.3 is 6.18 Å². The van der Waals surface area contributed by atoms with Crippen molar-refractivity contribution >= 4 is 17.3 Å². The van der Waals surface area contributed by atoms with Gasteiger partial charge in [-0.3, -0.25) is 4.79 Å². The van der Waals surface area contributed by atoms with Gasteiger partial charge in [0.2, 0.25) is 5.91 Å². The molecule has 2 rings (SSSR count). The summed E-state index contributed by atoms with van der Waals surface area (Å²) < 4.78 is 45.3. The van der Waals surface area contributed by atoms with Crippen molar-refractivity contribution in [2.24, 2.45) is 11.5 Å². The number of alkyl halides is 3. The zero-order valence-electron chi connectivity index (χ0n) is 16.9. The molecule has 0 spiro atoms. The van der Waals surface area contributed by atoms with Crippen molar-refractivity contribution in [3.05, 3.63) is 53.6 Å². The standard InChI is InChI=1S/C21H26F3N3O2/c1-13(19(25)28)14-6-5-7-16(8-14)27(12-20(2,3)26)17-9-15(21(22,23)24)10-18(11-17)29-4/h5-11,13H,12,26H2,1-4H3,(H2,25,28). The second-order valence-corrected chi connectivity index (χ2v) is 7.71. The van der Waals surface area contributed by atoms with E-state index in [0.717, 1.165) is 12.1 Å². The number of hydrogen-bond donors (Lipinski definition) is 2. The third kappa shape index (κ3) is 5.87. The topological polar surface area (TPSA) is 81.6 Å². The molecule has 2 aromatic rings. The number of primary amides is 1. The number of amides is 1. The van der Waals surface area contributed by atoms with Gasteiger partial charge in [0, 0.05) is 29.5 Å². The molecule has 29 heavy (non-hydrogen) atoms. The van der Waals surface area contributed by atoms with Crippen LogP contribution in [0.3, 0.4) is 0 Å². The number of hydrogen-bond acceptors (Lipinski definition) is 4. The molecule has 0 heterocycles. The molecule has 1 unspecified atom stereocenters. The minimum atomic E-state index is -4.53. The highest BCUT2D eigenvalue weighted by Gasteiger charge is 2.32. The van der Waals surface area contributed by atoms with E-state index in [0.29, 0.717) is 11.3 Å². The maximum absolute atomic E-state index is 13.4. The summed E-state index contributed by atoms with van der Waals surface area (Å²) in [5.74, 6) is -0.955. The van der Waals surface area contributed by atoms with Crippen molar-refractivity contribution in [3.63, 3.8) is 0 Å². The van der Waals surface area contributed by atoms with E-state index in [2.05, 4.69) is 0 Å². The number of methoxy groups -OCH3 is 1. The lowest BCUT2D eigenvalue weighted by Gasteiger charge is -2.33. The molecule has 4 N–H and O–H groups in total. The number of nitrogens with two attached hydrogens (primary N) is 2. The zero-order chi connectivity index (χ0) is 22.0. The van der Waals surface area contributed by atoms with Gasteiger partial charge in [-0.1, -0.05) is 12.1 Å². The van der Waals surface area contributed by atoms with Crippen LogP contribution in [-0.2, 0) is 11.0 Å². The molecule has 8 heteroatoms. The highest BCUT2D eigenvalue weighted by Crippen LogP contribution is 2.38. The van der Waals surface area contributed by atoms with Crippen molar-refractivity contribution in [3.8, 4) is 5.75 Å². The molecule has 0 radical (unpaired) electrons. The van der Waals surface area contributed by atoms with Crippen molar-refractivity contribution in [1.82, 2.24) is 0 Å². The highest BCUT2D eigenvalue weighted by molar-refractivity contribution is 5.82. The predicted octanol–water partition coefficient (Wildman–Crippen LogP) is 4.18. The van der Waals surface area contributed by atoms with E-state index in [1.165, 1.54) is 13.2 Å². The van der Waals surface area contributed by atoms with Gasteiger partial charge in [0.25, 0.3) is 0 Å². The third-order valence-corrected chi connectivity index (χ3v) is 4.44. The maximum atomic E-state index is 13.4. The third-order valence-electron chi connectivity index (χ3n) is 4.44. The molecule has 0 saturated carbocycles. The van der Waals surface area contributed by atoms with E-state index >= 15 is 0 Å².